The molecule has 0 bridgehead atoms. The number of methoxy groups -OCH3 is 1. The van der Waals surface area contributed by atoms with Gasteiger partial charge in [0, 0.05) is 6.42 Å². The number of hydrogen-bond acceptors (Lipinski definition) is 2. The highest BCUT2D eigenvalue weighted by molar-refractivity contribution is 6.37. The number of ether oxygens (including phenoxy) is 1. The van der Waals surface area contributed by atoms with Gasteiger partial charge in [0.1, 0.15) is 5.75 Å². The molecule has 1 aliphatic rings. The lowest BCUT2D eigenvalue weighted by molar-refractivity contribution is 0.0924. The maximum absolute atomic E-state index is 12.6. The second-order valence-corrected chi connectivity index (χ2v) is 6.40. The third-order valence-corrected chi connectivity index (χ3v) is 4.89. The second kappa shape index (κ2) is 6.82. The Bertz CT molecular complexity index is 499. The van der Waals surface area contributed by atoms with Crippen LogP contribution in [0.3, 0.4) is 0 Å². The van der Waals surface area contributed by atoms with Crippen molar-refractivity contribution in [1.82, 2.24) is 0 Å². The molecule has 0 amide bonds. The van der Waals surface area contributed by atoms with Gasteiger partial charge in [-0.2, -0.15) is 0 Å². The molecule has 0 aromatic heterocycles. The van der Waals surface area contributed by atoms with Crippen molar-refractivity contribution in [2.45, 2.75) is 39.0 Å². The van der Waals surface area contributed by atoms with E-state index in [9.17, 15) is 4.79 Å². The summed E-state index contributed by atoms with van der Waals surface area (Å²) in [4.78, 5) is 12.6. The summed E-state index contributed by atoms with van der Waals surface area (Å²) in [6.07, 6.45) is 5.33. The van der Waals surface area contributed by atoms with Crippen molar-refractivity contribution in [2.24, 2.45) is 11.8 Å². The average molecular weight is 315 g/mol. The summed E-state index contributed by atoms with van der Waals surface area (Å²) in [6.45, 7) is 2.23. The lowest BCUT2D eigenvalue weighted by atomic mass is 9.77. The standard InChI is InChI=1S/C16H20Cl2O2/c1-10-5-3-4-6-11(10)9-14(19)15-12(17)7-8-13(18)16(15)20-2/h7-8,10-11H,3-6,9H2,1-2H3. The maximum Gasteiger partial charge on any atom is 0.168 e. The molecule has 0 radical (unpaired) electrons. The molecule has 110 valence electrons. The Morgan fingerprint density at radius 2 is 1.90 bits per heavy atom. The van der Waals surface area contributed by atoms with Crippen molar-refractivity contribution in [3.8, 4) is 5.75 Å². The highest BCUT2D eigenvalue weighted by Crippen LogP contribution is 2.38. The van der Waals surface area contributed by atoms with Gasteiger partial charge in [0.25, 0.3) is 0 Å². The number of carbonyl (C=O) groups excluding carboxylic acids is 1. The van der Waals surface area contributed by atoms with Crippen molar-refractivity contribution in [1.29, 1.82) is 0 Å². The Balaban J connectivity index is 2.22. The zero-order chi connectivity index (χ0) is 14.7. The van der Waals surface area contributed by atoms with Crippen LogP contribution < -0.4 is 4.74 Å². The fourth-order valence-corrected chi connectivity index (χ4v) is 3.52. The summed E-state index contributed by atoms with van der Waals surface area (Å²) < 4.78 is 5.26. The first-order valence-corrected chi connectivity index (χ1v) is 7.85. The molecular weight excluding hydrogens is 295 g/mol. The van der Waals surface area contributed by atoms with E-state index in [-0.39, 0.29) is 5.78 Å². The average Bonchev–Trinajstić information content (AvgIpc) is 2.43. The molecule has 0 aliphatic heterocycles. The Hall–Kier alpha value is -0.730. The van der Waals surface area contributed by atoms with Crippen molar-refractivity contribution >= 4 is 29.0 Å². The number of benzene rings is 1. The van der Waals surface area contributed by atoms with Crippen LogP contribution in [0, 0.1) is 11.8 Å². The molecule has 2 unspecified atom stereocenters. The van der Waals surface area contributed by atoms with Crippen LogP contribution in [0.2, 0.25) is 10.0 Å². The largest absolute Gasteiger partial charge is 0.494 e. The summed E-state index contributed by atoms with van der Waals surface area (Å²) in [5.74, 6) is 1.47. The number of ketones is 1. The summed E-state index contributed by atoms with van der Waals surface area (Å²) in [5.41, 5.74) is 0.430. The molecule has 20 heavy (non-hydrogen) atoms. The molecule has 0 spiro atoms. The molecule has 1 aromatic carbocycles. The predicted molar refractivity (Wildman–Crippen MR) is 83.1 cm³/mol. The van der Waals surface area contributed by atoms with Crippen molar-refractivity contribution in [2.75, 3.05) is 7.11 Å². The number of Topliss-reactive ketones (excluding diaryl/α,β-unsaturated/α-hetero) is 1. The normalized spacial score (nSPS) is 22.6. The molecule has 0 heterocycles. The Kier molecular flexibility index (Phi) is 5.34. The van der Waals surface area contributed by atoms with Gasteiger partial charge in [0.15, 0.2) is 5.78 Å². The van der Waals surface area contributed by atoms with Gasteiger partial charge in [-0.1, -0.05) is 49.4 Å². The summed E-state index contributed by atoms with van der Waals surface area (Å²) in [6, 6.07) is 3.31. The Morgan fingerprint density at radius 1 is 1.25 bits per heavy atom. The van der Waals surface area contributed by atoms with Gasteiger partial charge < -0.3 is 4.74 Å². The summed E-state index contributed by atoms with van der Waals surface area (Å²) in [7, 11) is 1.51. The molecular formula is C16H20Cl2O2. The molecule has 2 atom stereocenters. The fraction of sp³-hybridized carbons (Fsp3) is 0.562. The van der Waals surface area contributed by atoms with E-state index in [1.165, 1.54) is 26.4 Å². The lowest BCUT2D eigenvalue weighted by Gasteiger charge is -2.28. The zero-order valence-electron chi connectivity index (χ0n) is 11.9. The summed E-state index contributed by atoms with van der Waals surface area (Å²) >= 11 is 12.3. The quantitative estimate of drug-likeness (QED) is 0.695. The van der Waals surface area contributed by atoms with Crippen molar-refractivity contribution in [3.63, 3.8) is 0 Å². The molecule has 1 saturated carbocycles. The van der Waals surface area contributed by atoms with E-state index in [0.29, 0.717) is 39.6 Å². The predicted octanol–water partition coefficient (Wildman–Crippen LogP) is 5.40. The van der Waals surface area contributed by atoms with Gasteiger partial charge >= 0.3 is 0 Å². The van der Waals surface area contributed by atoms with Crippen LogP contribution >= 0.6 is 23.2 Å². The molecule has 4 heteroatoms. The van der Waals surface area contributed by atoms with Crippen molar-refractivity contribution < 1.29 is 9.53 Å². The van der Waals surface area contributed by atoms with Gasteiger partial charge in [-0.3, -0.25) is 4.79 Å². The monoisotopic (exact) mass is 314 g/mol. The van der Waals surface area contributed by atoms with Crippen LogP contribution in [0.25, 0.3) is 0 Å². The van der Waals surface area contributed by atoms with E-state index in [1.807, 2.05) is 0 Å². The first kappa shape index (κ1) is 15.7. The molecule has 1 fully saturated rings. The van der Waals surface area contributed by atoms with Gasteiger partial charge in [-0.15, -0.1) is 0 Å². The smallest absolute Gasteiger partial charge is 0.168 e. The number of hydrogen-bond donors (Lipinski definition) is 0. The van der Waals surface area contributed by atoms with E-state index in [4.69, 9.17) is 27.9 Å². The van der Waals surface area contributed by atoms with Crippen LogP contribution in [-0.2, 0) is 0 Å². The van der Waals surface area contributed by atoms with E-state index >= 15 is 0 Å². The van der Waals surface area contributed by atoms with E-state index < -0.39 is 0 Å². The number of rotatable bonds is 4. The van der Waals surface area contributed by atoms with E-state index in [1.54, 1.807) is 12.1 Å². The second-order valence-electron chi connectivity index (χ2n) is 5.59. The number of carbonyl (C=O) groups is 1. The summed E-state index contributed by atoms with van der Waals surface area (Å²) in [5, 5.41) is 0.844. The van der Waals surface area contributed by atoms with Gasteiger partial charge in [-0.25, -0.2) is 0 Å². The number of halogens is 2. The lowest BCUT2D eigenvalue weighted by Crippen LogP contribution is -2.20. The van der Waals surface area contributed by atoms with Crippen LogP contribution in [-0.4, -0.2) is 12.9 Å². The first-order chi connectivity index (χ1) is 9.54. The van der Waals surface area contributed by atoms with Crippen molar-refractivity contribution in [3.05, 3.63) is 27.7 Å². The topological polar surface area (TPSA) is 26.3 Å². The zero-order valence-corrected chi connectivity index (χ0v) is 13.4. The Labute approximate surface area is 130 Å². The van der Waals surface area contributed by atoms with Crippen LogP contribution in [0.4, 0.5) is 0 Å². The molecule has 2 rings (SSSR count). The Morgan fingerprint density at radius 3 is 2.55 bits per heavy atom. The third kappa shape index (κ3) is 3.29. The highest BCUT2D eigenvalue weighted by Gasteiger charge is 2.27. The first-order valence-electron chi connectivity index (χ1n) is 7.09. The van der Waals surface area contributed by atoms with Crippen LogP contribution in [0.15, 0.2) is 12.1 Å². The SMILES string of the molecule is COc1c(Cl)ccc(Cl)c1C(=O)CC1CCCCC1C. The minimum absolute atomic E-state index is 0.0353. The van der Waals surface area contributed by atoms with E-state index in [0.717, 1.165) is 6.42 Å². The van der Waals surface area contributed by atoms with E-state index in [2.05, 4.69) is 6.92 Å². The van der Waals surface area contributed by atoms with Gasteiger partial charge in [-0.05, 0) is 30.4 Å². The minimum Gasteiger partial charge on any atom is -0.494 e. The maximum atomic E-state index is 12.6. The molecule has 1 aromatic rings. The molecule has 0 saturated heterocycles. The van der Waals surface area contributed by atoms with Gasteiger partial charge in [0.05, 0.1) is 22.7 Å². The third-order valence-electron chi connectivity index (χ3n) is 4.28. The molecule has 0 N–H and O–H groups in total. The van der Waals surface area contributed by atoms with Crippen LogP contribution in [0.1, 0.15) is 49.4 Å². The molecule has 1 aliphatic carbocycles. The van der Waals surface area contributed by atoms with Crippen LogP contribution in [0.5, 0.6) is 5.75 Å². The minimum atomic E-state index is 0.0353. The van der Waals surface area contributed by atoms with Gasteiger partial charge in [0.2, 0.25) is 0 Å². The molecule has 2 nitrogen and oxygen atoms in total. The highest BCUT2D eigenvalue weighted by atomic mass is 35.5. The fourth-order valence-electron chi connectivity index (χ4n) is 3.03.